The molecule has 0 heterocycles. The Balaban J connectivity index is 2.36. The summed E-state index contributed by atoms with van der Waals surface area (Å²) in [5.74, 6) is -1.45. The number of aromatic hydroxyl groups is 1. The molecule has 6 nitrogen and oxygen atoms in total. The Morgan fingerprint density at radius 3 is 2.60 bits per heavy atom. The second kappa shape index (κ2) is 5.06. The highest BCUT2D eigenvalue weighted by molar-refractivity contribution is 7.89. The summed E-state index contributed by atoms with van der Waals surface area (Å²) >= 11 is 0. The Morgan fingerprint density at radius 2 is 2.10 bits per heavy atom. The topological polar surface area (TPSA) is 104 Å². The molecular weight excluding hydrogens is 282 g/mol. The van der Waals surface area contributed by atoms with Gasteiger partial charge in [0.2, 0.25) is 10.0 Å². The van der Waals surface area contributed by atoms with E-state index in [4.69, 9.17) is 5.11 Å². The van der Waals surface area contributed by atoms with Gasteiger partial charge < -0.3 is 10.2 Å². The molecule has 0 bridgehead atoms. The number of carbonyl (C=O) groups is 1. The highest BCUT2D eigenvalue weighted by Gasteiger charge is 2.39. The van der Waals surface area contributed by atoms with Gasteiger partial charge in [-0.3, -0.25) is 0 Å². The normalized spacial score (nSPS) is 21.7. The summed E-state index contributed by atoms with van der Waals surface area (Å²) in [4.78, 5) is 10.9. The summed E-state index contributed by atoms with van der Waals surface area (Å²) in [6.07, 6.45) is 1.71. The van der Waals surface area contributed by atoms with Crippen molar-refractivity contribution in [3.8, 4) is 5.75 Å². The number of benzene rings is 1. The summed E-state index contributed by atoms with van der Waals surface area (Å²) in [7, 11) is -3.77. The van der Waals surface area contributed by atoms with E-state index in [1.807, 2.05) is 6.92 Å². The number of hydrogen-bond donors (Lipinski definition) is 3. The second-order valence-corrected chi connectivity index (χ2v) is 6.75. The van der Waals surface area contributed by atoms with E-state index in [2.05, 4.69) is 4.72 Å². The van der Waals surface area contributed by atoms with Crippen LogP contribution in [0.15, 0.2) is 17.0 Å². The first kappa shape index (κ1) is 14.8. The zero-order chi connectivity index (χ0) is 15.1. The zero-order valence-corrected chi connectivity index (χ0v) is 12.1. The fourth-order valence-electron chi connectivity index (χ4n) is 2.24. The minimum atomic E-state index is -3.77. The van der Waals surface area contributed by atoms with Crippen molar-refractivity contribution in [2.45, 2.75) is 37.6 Å². The van der Waals surface area contributed by atoms with Crippen molar-refractivity contribution < 1.29 is 23.4 Å². The first-order chi connectivity index (χ1) is 9.26. The van der Waals surface area contributed by atoms with Gasteiger partial charge in [0.25, 0.3) is 0 Å². The summed E-state index contributed by atoms with van der Waals surface area (Å²) in [5, 5.41) is 18.5. The number of sulfonamides is 1. The molecule has 1 aromatic carbocycles. The Morgan fingerprint density at radius 1 is 1.45 bits per heavy atom. The maximum Gasteiger partial charge on any atom is 0.339 e. The molecule has 7 heteroatoms. The van der Waals surface area contributed by atoms with Gasteiger partial charge in [-0.05, 0) is 37.0 Å². The second-order valence-electron chi connectivity index (χ2n) is 5.07. The number of carboxylic acids is 1. The first-order valence-electron chi connectivity index (χ1n) is 6.35. The molecule has 3 N–H and O–H groups in total. The van der Waals surface area contributed by atoms with Crippen LogP contribution in [0.5, 0.6) is 5.75 Å². The lowest BCUT2D eigenvalue weighted by Gasteiger charge is -2.11. The quantitative estimate of drug-likeness (QED) is 0.764. The van der Waals surface area contributed by atoms with Crippen LogP contribution < -0.4 is 4.72 Å². The van der Waals surface area contributed by atoms with Gasteiger partial charge in [0.15, 0.2) is 0 Å². The molecule has 0 amide bonds. The first-order valence-corrected chi connectivity index (χ1v) is 7.83. The average molecular weight is 299 g/mol. The lowest BCUT2D eigenvalue weighted by atomic mass is 10.1. The van der Waals surface area contributed by atoms with Gasteiger partial charge in [-0.2, -0.15) is 0 Å². The molecule has 1 aliphatic carbocycles. The van der Waals surface area contributed by atoms with Gasteiger partial charge in [0.05, 0.1) is 4.90 Å². The molecule has 0 aromatic heterocycles. The van der Waals surface area contributed by atoms with Crippen molar-refractivity contribution in [1.82, 2.24) is 4.72 Å². The summed E-state index contributed by atoms with van der Waals surface area (Å²) in [6, 6.07) is 2.08. The average Bonchev–Trinajstić information content (AvgIpc) is 3.05. The van der Waals surface area contributed by atoms with E-state index in [-0.39, 0.29) is 10.9 Å². The number of hydrogen-bond acceptors (Lipinski definition) is 4. The summed E-state index contributed by atoms with van der Waals surface area (Å²) in [6.45, 7) is 3.51. The number of aryl methyl sites for hydroxylation is 1. The molecule has 2 atom stereocenters. The van der Waals surface area contributed by atoms with Gasteiger partial charge in [0.1, 0.15) is 11.3 Å². The summed E-state index contributed by atoms with van der Waals surface area (Å²) in [5.41, 5.74) is -0.104. The molecule has 0 radical (unpaired) electrons. The molecule has 0 spiro atoms. The largest absolute Gasteiger partial charge is 0.507 e. The van der Waals surface area contributed by atoms with Crippen LogP contribution in [0.25, 0.3) is 0 Å². The Hall–Kier alpha value is -1.60. The number of nitrogens with one attached hydrogen (secondary N) is 1. The lowest BCUT2D eigenvalue weighted by Crippen LogP contribution is -2.28. The van der Waals surface area contributed by atoms with Crippen LogP contribution in [-0.4, -0.2) is 30.6 Å². The van der Waals surface area contributed by atoms with E-state index >= 15 is 0 Å². The molecule has 0 saturated heterocycles. The molecule has 110 valence electrons. The maximum absolute atomic E-state index is 12.3. The molecule has 1 saturated carbocycles. The predicted molar refractivity (Wildman–Crippen MR) is 72.3 cm³/mol. The van der Waals surface area contributed by atoms with Crippen molar-refractivity contribution in [1.29, 1.82) is 0 Å². The third-order valence-electron chi connectivity index (χ3n) is 3.57. The molecule has 0 aliphatic heterocycles. The fourth-order valence-corrected chi connectivity index (χ4v) is 3.81. The highest BCUT2D eigenvalue weighted by Crippen LogP contribution is 2.35. The minimum absolute atomic E-state index is 0.0773. The van der Waals surface area contributed by atoms with E-state index in [0.717, 1.165) is 25.0 Å². The number of aromatic carboxylic acids is 1. The van der Waals surface area contributed by atoms with Gasteiger partial charge in [-0.15, -0.1) is 0 Å². The molecule has 1 aromatic rings. The van der Waals surface area contributed by atoms with Crippen LogP contribution in [0.4, 0.5) is 0 Å². The Bertz CT molecular complexity index is 653. The number of rotatable bonds is 5. The summed E-state index contributed by atoms with van der Waals surface area (Å²) < 4.78 is 27.1. The Labute approximate surface area is 117 Å². The van der Waals surface area contributed by atoms with E-state index in [1.54, 1.807) is 0 Å². The van der Waals surface area contributed by atoms with Crippen LogP contribution in [0.2, 0.25) is 0 Å². The zero-order valence-electron chi connectivity index (χ0n) is 11.3. The van der Waals surface area contributed by atoms with Crippen LogP contribution in [0.1, 0.15) is 35.7 Å². The SMILES string of the molecule is CCC1CC1NS(=O)(=O)c1cc(C(=O)O)c(O)cc1C. The highest BCUT2D eigenvalue weighted by atomic mass is 32.2. The molecular formula is C13H17NO5S. The maximum atomic E-state index is 12.3. The number of carboxylic acid groups (broad SMARTS) is 1. The van der Waals surface area contributed by atoms with Gasteiger partial charge in [-0.1, -0.05) is 13.3 Å². The van der Waals surface area contributed by atoms with E-state index in [0.29, 0.717) is 11.5 Å². The minimum Gasteiger partial charge on any atom is -0.507 e. The van der Waals surface area contributed by atoms with Crippen LogP contribution in [-0.2, 0) is 10.0 Å². The van der Waals surface area contributed by atoms with E-state index in [9.17, 15) is 18.3 Å². The van der Waals surface area contributed by atoms with Crippen LogP contribution in [0.3, 0.4) is 0 Å². The van der Waals surface area contributed by atoms with Crippen molar-refractivity contribution in [3.63, 3.8) is 0 Å². The lowest BCUT2D eigenvalue weighted by molar-refractivity contribution is 0.0693. The van der Waals surface area contributed by atoms with Crippen LogP contribution in [0, 0.1) is 12.8 Å². The standard InChI is InChI=1S/C13H17NO5S/c1-3-8-5-10(8)14-20(18,19)12-6-9(13(16)17)11(15)4-7(12)2/h4,6,8,10,14-15H,3,5H2,1-2H3,(H,16,17). The molecule has 1 aliphatic rings. The van der Waals surface area contributed by atoms with Gasteiger partial charge in [-0.25, -0.2) is 17.9 Å². The van der Waals surface area contributed by atoms with E-state index < -0.39 is 27.3 Å². The Kier molecular flexibility index (Phi) is 3.75. The number of phenols is 1. The smallest absolute Gasteiger partial charge is 0.339 e. The molecule has 2 rings (SSSR count). The fraction of sp³-hybridized carbons (Fsp3) is 0.462. The van der Waals surface area contributed by atoms with Crippen LogP contribution >= 0.6 is 0 Å². The third kappa shape index (κ3) is 2.78. The predicted octanol–water partition coefficient (Wildman–Crippen LogP) is 1.48. The molecule has 20 heavy (non-hydrogen) atoms. The third-order valence-corrected chi connectivity index (χ3v) is 5.20. The monoisotopic (exact) mass is 299 g/mol. The molecule has 2 unspecified atom stereocenters. The van der Waals surface area contributed by atoms with Gasteiger partial charge >= 0.3 is 5.97 Å². The van der Waals surface area contributed by atoms with Crippen molar-refractivity contribution in [2.75, 3.05) is 0 Å². The van der Waals surface area contributed by atoms with Crippen molar-refractivity contribution in [3.05, 3.63) is 23.3 Å². The van der Waals surface area contributed by atoms with Crippen molar-refractivity contribution >= 4 is 16.0 Å². The van der Waals surface area contributed by atoms with Gasteiger partial charge in [0, 0.05) is 6.04 Å². The molecule has 1 fully saturated rings. The van der Waals surface area contributed by atoms with E-state index in [1.165, 1.54) is 6.92 Å². The van der Waals surface area contributed by atoms with Crippen molar-refractivity contribution in [2.24, 2.45) is 5.92 Å².